The average Bonchev–Trinajstić information content (AvgIpc) is 2.37. The summed E-state index contributed by atoms with van der Waals surface area (Å²) in [5.74, 6) is 0.996. The number of hydrogen-bond acceptors (Lipinski definition) is 2. The molecule has 0 radical (unpaired) electrons. The van der Waals surface area contributed by atoms with Gasteiger partial charge in [-0.2, -0.15) is 5.10 Å². The molecule has 3 aliphatic carbocycles. The van der Waals surface area contributed by atoms with Crippen LogP contribution in [0.4, 0.5) is 0 Å². The quantitative estimate of drug-likeness (QED) is 0.829. The van der Waals surface area contributed by atoms with Gasteiger partial charge < -0.3 is 5.32 Å². The number of amides is 1. The van der Waals surface area contributed by atoms with Crippen LogP contribution in [0.1, 0.15) is 30.5 Å². The molecule has 4 rings (SSSR count). The second-order valence-electron chi connectivity index (χ2n) is 5.40. The highest BCUT2D eigenvalue weighted by molar-refractivity contribution is 5.77. The lowest BCUT2D eigenvalue weighted by atomic mass is 9.50. The van der Waals surface area contributed by atoms with Gasteiger partial charge in [0.2, 0.25) is 5.91 Å². The monoisotopic (exact) mass is 219 g/mol. The van der Waals surface area contributed by atoms with E-state index in [9.17, 15) is 4.79 Å². The van der Waals surface area contributed by atoms with Gasteiger partial charge in [0.25, 0.3) is 0 Å². The summed E-state index contributed by atoms with van der Waals surface area (Å²) in [6, 6.07) is 0. The van der Waals surface area contributed by atoms with Crippen LogP contribution in [0.15, 0.2) is 6.20 Å². The van der Waals surface area contributed by atoms with E-state index in [2.05, 4.69) is 10.4 Å². The molecular formula is C12H17N3O. The van der Waals surface area contributed by atoms with E-state index in [1.807, 2.05) is 20.0 Å². The first-order valence-electron chi connectivity index (χ1n) is 5.88. The molecule has 0 atom stereocenters. The molecule has 1 aromatic heterocycles. The van der Waals surface area contributed by atoms with Gasteiger partial charge >= 0.3 is 0 Å². The Balaban J connectivity index is 1.59. The molecular weight excluding hydrogens is 202 g/mol. The van der Waals surface area contributed by atoms with Gasteiger partial charge in [0.15, 0.2) is 0 Å². The molecule has 0 unspecified atom stereocenters. The zero-order chi connectivity index (χ0) is 11.3. The van der Waals surface area contributed by atoms with Crippen LogP contribution in [0.2, 0.25) is 0 Å². The molecule has 4 heteroatoms. The lowest BCUT2D eigenvalue weighted by Crippen LogP contribution is -2.68. The van der Waals surface area contributed by atoms with Crippen molar-refractivity contribution in [2.24, 2.45) is 5.92 Å². The van der Waals surface area contributed by atoms with E-state index in [4.69, 9.17) is 0 Å². The second kappa shape index (κ2) is 3.09. The predicted octanol–water partition coefficient (Wildman–Crippen LogP) is 1.17. The summed E-state index contributed by atoms with van der Waals surface area (Å²) in [5, 5.41) is 7.43. The van der Waals surface area contributed by atoms with Gasteiger partial charge in [-0.15, -0.1) is 0 Å². The Morgan fingerprint density at radius 2 is 2.25 bits per heavy atom. The van der Waals surface area contributed by atoms with Crippen LogP contribution in [0.5, 0.6) is 0 Å². The standard InChI is InChI=1S/C12H17N3O/c1-8-6-15(14-9(8)2)7-11(16)13-12-3-10(4-12)5-12/h6,10H,3-5,7H2,1-2H3,(H,13,16). The normalized spacial score (nSPS) is 30.5. The van der Waals surface area contributed by atoms with Crippen LogP contribution in [0, 0.1) is 19.8 Å². The van der Waals surface area contributed by atoms with E-state index >= 15 is 0 Å². The number of hydrogen-bond donors (Lipinski definition) is 1. The fourth-order valence-electron chi connectivity index (χ4n) is 2.81. The lowest BCUT2D eigenvalue weighted by Gasteiger charge is -2.61. The van der Waals surface area contributed by atoms with Crippen molar-refractivity contribution in [2.75, 3.05) is 0 Å². The number of rotatable bonds is 3. The van der Waals surface area contributed by atoms with E-state index in [1.54, 1.807) is 4.68 Å². The fraction of sp³-hybridized carbons (Fsp3) is 0.667. The summed E-state index contributed by atoms with van der Waals surface area (Å²) < 4.78 is 1.73. The summed E-state index contributed by atoms with van der Waals surface area (Å²) >= 11 is 0. The van der Waals surface area contributed by atoms with Crippen molar-refractivity contribution in [3.8, 4) is 0 Å². The highest BCUT2D eigenvalue weighted by Crippen LogP contribution is 2.56. The maximum atomic E-state index is 11.8. The third-order valence-electron chi connectivity index (χ3n) is 3.94. The Morgan fingerprint density at radius 3 is 2.69 bits per heavy atom. The number of aryl methyl sites for hydroxylation is 2. The number of carbonyl (C=O) groups excluding carboxylic acids is 1. The maximum absolute atomic E-state index is 11.8. The van der Waals surface area contributed by atoms with Crippen molar-refractivity contribution in [1.82, 2.24) is 15.1 Å². The molecule has 0 spiro atoms. The molecule has 1 heterocycles. The van der Waals surface area contributed by atoms with Crippen LogP contribution in [-0.4, -0.2) is 21.2 Å². The zero-order valence-corrected chi connectivity index (χ0v) is 9.79. The largest absolute Gasteiger partial charge is 0.349 e. The highest BCUT2D eigenvalue weighted by atomic mass is 16.2. The molecule has 3 fully saturated rings. The molecule has 0 saturated heterocycles. The SMILES string of the molecule is Cc1cn(CC(=O)NC23CC(C2)C3)nc1C. The average molecular weight is 219 g/mol. The molecule has 16 heavy (non-hydrogen) atoms. The van der Waals surface area contributed by atoms with Gasteiger partial charge in [-0.3, -0.25) is 9.48 Å². The third-order valence-corrected chi connectivity index (χ3v) is 3.94. The number of carbonyl (C=O) groups is 1. The molecule has 1 aromatic rings. The second-order valence-corrected chi connectivity index (χ2v) is 5.40. The molecule has 3 saturated carbocycles. The van der Waals surface area contributed by atoms with E-state index in [0.29, 0.717) is 6.54 Å². The molecule has 86 valence electrons. The summed E-state index contributed by atoms with van der Waals surface area (Å²) in [4.78, 5) is 11.8. The first-order chi connectivity index (χ1) is 7.56. The Hall–Kier alpha value is -1.32. The van der Waals surface area contributed by atoms with Crippen LogP contribution in [0.25, 0.3) is 0 Å². The third kappa shape index (κ3) is 1.44. The summed E-state index contributed by atoms with van der Waals surface area (Å²) in [6.07, 6.45) is 5.50. The summed E-state index contributed by atoms with van der Waals surface area (Å²) in [7, 11) is 0. The first kappa shape index (κ1) is 9.87. The van der Waals surface area contributed by atoms with Crippen molar-refractivity contribution >= 4 is 5.91 Å². The highest BCUT2D eigenvalue weighted by Gasteiger charge is 2.57. The lowest BCUT2D eigenvalue weighted by molar-refractivity contribution is -0.133. The van der Waals surface area contributed by atoms with Crippen molar-refractivity contribution in [3.05, 3.63) is 17.5 Å². The Labute approximate surface area is 95.0 Å². The maximum Gasteiger partial charge on any atom is 0.242 e. The molecule has 4 nitrogen and oxygen atoms in total. The molecule has 2 bridgehead atoms. The van der Waals surface area contributed by atoms with Crippen LogP contribution >= 0.6 is 0 Å². The minimum absolute atomic E-state index is 0.0978. The van der Waals surface area contributed by atoms with E-state index in [0.717, 1.165) is 17.2 Å². The van der Waals surface area contributed by atoms with Crippen molar-refractivity contribution in [3.63, 3.8) is 0 Å². The Morgan fingerprint density at radius 1 is 1.56 bits per heavy atom. The topological polar surface area (TPSA) is 46.9 Å². The van der Waals surface area contributed by atoms with Gasteiger partial charge in [0.05, 0.1) is 5.69 Å². The van der Waals surface area contributed by atoms with Gasteiger partial charge in [-0.1, -0.05) is 0 Å². The van der Waals surface area contributed by atoms with Crippen LogP contribution < -0.4 is 5.32 Å². The Kier molecular flexibility index (Phi) is 1.91. The summed E-state index contributed by atoms with van der Waals surface area (Å²) in [5.41, 5.74) is 2.32. The molecule has 1 N–H and O–H groups in total. The van der Waals surface area contributed by atoms with E-state index < -0.39 is 0 Å². The smallest absolute Gasteiger partial charge is 0.242 e. The van der Waals surface area contributed by atoms with Crippen LogP contribution in [0.3, 0.4) is 0 Å². The molecule has 3 aliphatic rings. The number of nitrogens with zero attached hydrogens (tertiary/aromatic N) is 2. The van der Waals surface area contributed by atoms with Gasteiger partial charge in [-0.05, 0) is 44.6 Å². The van der Waals surface area contributed by atoms with Crippen molar-refractivity contribution in [1.29, 1.82) is 0 Å². The number of aromatic nitrogens is 2. The molecule has 1 amide bonds. The minimum Gasteiger partial charge on any atom is -0.349 e. The van der Waals surface area contributed by atoms with E-state index in [-0.39, 0.29) is 11.4 Å². The van der Waals surface area contributed by atoms with Crippen molar-refractivity contribution < 1.29 is 4.79 Å². The molecule has 0 aromatic carbocycles. The van der Waals surface area contributed by atoms with Gasteiger partial charge in [0.1, 0.15) is 6.54 Å². The van der Waals surface area contributed by atoms with E-state index in [1.165, 1.54) is 19.3 Å². The fourth-order valence-corrected chi connectivity index (χ4v) is 2.81. The van der Waals surface area contributed by atoms with Gasteiger partial charge in [0, 0.05) is 11.7 Å². The molecule has 0 aliphatic heterocycles. The van der Waals surface area contributed by atoms with Crippen LogP contribution in [-0.2, 0) is 11.3 Å². The zero-order valence-electron chi connectivity index (χ0n) is 9.79. The Bertz CT molecular complexity index is 413. The van der Waals surface area contributed by atoms with Gasteiger partial charge in [-0.25, -0.2) is 0 Å². The predicted molar refractivity (Wildman–Crippen MR) is 59.9 cm³/mol. The summed E-state index contributed by atoms with van der Waals surface area (Å²) in [6.45, 7) is 4.32. The van der Waals surface area contributed by atoms with Crippen molar-refractivity contribution in [2.45, 2.75) is 45.2 Å². The first-order valence-corrected chi connectivity index (χ1v) is 5.88. The number of nitrogens with one attached hydrogen (secondary N) is 1. The minimum atomic E-state index is 0.0978.